The van der Waals surface area contributed by atoms with E-state index in [1.807, 2.05) is 29.2 Å². The number of fused-ring (bicyclic) bond motifs is 1. The fourth-order valence-corrected chi connectivity index (χ4v) is 2.35. The number of benzene rings is 1. The number of carbonyl (C=O) groups is 1. The largest absolute Gasteiger partial charge is 0.351 e. The highest BCUT2D eigenvalue weighted by Crippen LogP contribution is 2.35. The molecule has 1 aliphatic heterocycles. The van der Waals surface area contributed by atoms with Crippen molar-refractivity contribution in [2.75, 3.05) is 6.54 Å². The lowest BCUT2D eigenvalue weighted by Gasteiger charge is -2.27. The Hall–Kier alpha value is -1.35. The third-order valence-electron chi connectivity index (χ3n) is 3.69. The fourth-order valence-electron chi connectivity index (χ4n) is 2.35. The second-order valence-corrected chi connectivity index (χ2v) is 5.15. The molecule has 0 spiro atoms. The van der Waals surface area contributed by atoms with Crippen LogP contribution in [0.4, 0.5) is 0 Å². The zero-order chi connectivity index (χ0) is 13.8. The van der Waals surface area contributed by atoms with Crippen LogP contribution in [0.25, 0.3) is 0 Å². The third-order valence-corrected chi connectivity index (χ3v) is 3.69. The van der Waals surface area contributed by atoms with Crippen LogP contribution in [-0.4, -0.2) is 23.5 Å². The highest BCUT2D eigenvalue weighted by molar-refractivity contribution is 5.98. The molecule has 2 rings (SSSR count). The molecule has 3 nitrogen and oxygen atoms in total. The maximum atomic E-state index is 12.4. The van der Waals surface area contributed by atoms with Crippen LogP contribution in [0.3, 0.4) is 0 Å². The molecule has 1 aromatic carbocycles. The van der Waals surface area contributed by atoms with Gasteiger partial charge in [0.2, 0.25) is 0 Å². The molecule has 2 atom stereocenters. The molecule has 0 N–H and O–H groups in total. The van der Waals surface area contributed by atoms with E-state index in [4.69, 9.17) is 4.74 Å². The van der Waals surface area contributed by atoms with E-state index in [0.29, 0.717) is 0 Å². The van der Waals surface area contributed by atoms with Crippen molar-refractivity contribution in [2.45, 2.75) is 52.4 Å². The van der Waals surface area contributed by atoms with Crippen LogP contribution in [0, 0.1) is 0 Å². The van der Waals surface area contributed by atoms with Gasteiger partial charge in [0.15, 0.2) is 6.23 Å². The van der Waals surface area contributed by atoms with Gasteiger partial charge in [0.1, 0.15) is 0 Å². The standard InChI is InChI=1S/C16H23NO2/c1-4-6-11-17-15(18)13-9-7-8-10-14(13)16(17)19-12(3)5-2/h7-10,12,16H,4-6,11H2,1-3H3/t12-,16-/m0/s1. The van der Waals surface area contributed by atoms with Crippen molar-refractivity contribution >= 4 is 5.91 Å². The third kappa shape index (κ3) is 2.81. The maximum Gasteiger partial charge on any atom is 0.256 e. The van der Waals surface area contributed by atoms with Gasteiger partial charge in [0.25, 0.3) is 5.91 Å². The Morgan fingerprint density at radius 3 is 2.74 bits per heavy atom. The molecule has 1 aliphatic rings. The van der Waals surface area contributed by atoms with Gasteiger partial charge in [-0.05, 0) is 25.8 Å². The SMILES string of the molecule is CCCCN1C(=O)c2ccccc2[C@@H]1O[C@@H](C)CC. The molecule has 0 fully saturated rings. The molecule has 0 radical (unpaired) electrons. The van der Waals surface area contributed by atoms with Crippen LogP contribution in [0.15, 0.2) is 24.3 Å². The molecule has 0 unspecified atom stereocenters. The summed E-state index contributed by atoms with van der Waals surface area (Å²) in [6.45, 7) is 7.07. The van der Waals surface area contributed by atoms with Gasteiger partial charge in [-0.1, -0.05) is 38.5 Å². The average Bonchev–Trinajstić information content (AvgIpc) is 2.70. The van der Waals surface area contributed by atoms with Gasteiger partial charge in [0, 0.05) is 17.7 Å². The van der Waals surface area contributed by atoms with E-state index >= 15 is 0 Å². The number of hydrogen-bond donors (Lipinski definition) is 0. The monoisotopic (exact) mass is 261 g/mol. The molecule has 0 aromatic heterocycles. The molecular weight excluding hydrogens is 238 g/mol. The first-order valence-electron chi connectivity index (χ1n) is 7.24. The maximum absolute atomic E-state index is 12.4. The first-order valence-corrected chi connectivity index (χ1v) is 7.24. The number of nitrogens with zero attached hydrogens (tertiary/aromatic N) is 1. The van der Waals surface area contributed by atoms with E-state index in [2.05, 4.69) is 20.8 Å². The van der Waals surface area contributed by atoms with Crippen LogP contribution in [-0.2, 0) is 4.74 Å². The minimum atomic E-state index is -0.204. The zero-order valence-corrected chi connectivity index (χ0v) is 12.1. The second kappa shape index (κ2) is 6.20. The summed E-state index contributed by atoms with van der Waals surface area (Å²) in [6, 6.07) is 7.80. The van der Waals surface area contributed by atoms with Crippen molar-refractivity contribution in [1.29, 1.82) is 0 Å². The van der Waals surface area contributed by atoms with Gasteiger partial charge < -0.3 is 9.64 Å². The molecule has 1 heterocycles. The summed E-state index contributed by atoms with van der Waals surface area (Å²) in [7, 11) is 0. The van der Waals surface area contributed by atoms with Gasteiger partial charge in [-0.2, -0.15) is 0 Å². The Morgan fingerprint density at radius 2 is 2.05 bits per heavy atom. The lowest BCUT2D eigenvalue weighted by Crippen LogP contribution is -2.32. The highest BCUT2D eigenvalue weighted by atomic mass is 16.5. The number of unbranched alkanes of at least 4 members (excludes halogenated alkanes) is 1. The lowest BCUT2D eigenvalue weighted by molar-refractivity contribution is -0.0763. The quantitative estimate of drug-likeness (QED) is 0.780. The average molecular weight is 261 g/mol. The summed E-state index contributed by atoms with van der Waals surface area (Å²) >= 11 is 0. The summed E-state index contributed by atoms with van der Waals surface area (Å²) < 4.78 is 6.07. The number of hydrogen-bond acceptors (Lipinski definition) is 2. The molecule has 19 heavy (non-hydrogen) atoms. The predicted octanol–water partition coefficient (Wildman–Crippen LogP) is 3.76. The minimum absolute atomic E-state index is 0.109. The van der Waals surface area contributed by atoms with Crippen LogP contribution in [0.1, 0.15) is 62.2 Å². The Balaban J connectivity index is 2.25. The van der Waals surface area contributed by atoms with Crippen molar-refractivity contribution in [3.63, 3.8) is 0 Å². The Labute approximate surface area is 115 Å². The Morgan fingerprint density at radius 1 is 1.32 bits per heavy atom. The van der Waals surface area contributed by atoms with Crippen LogP contribution in [0.5, 0.6) is 0 Å². The summed E-state index contributed by atoms with van der Waals surface area (Å²) in [4.78, 5) is 14.3. The summed E-state index contributed by atoms with van der Waals surface area (Å²) in [5.41, 5.74) is 1.82. The van der Waals surface area contributed by atoms with Crippen molar-refractivity contribution < 1.29 is 9.53 Å². The van der Waals surface area contributed by atoms with E-state index in [9.17, 15) is 4.79 Å². The molecule has 0 saturated carbocycles. The molecule has 0 bridgehead atoms. The second-order valence-electron chi connectivity index (χ2n) is 5.15. The minimum Gasteiger partial charge on any atom is -0.351 e. The van der Waals surface area contributed by atoms with Gasteiger partial charge in [0.05, 0.1) is 6.10 Å². The first kappa shape index (κ1) is 14.1. The van der Waals surface area contributed by atoms with Crippen molar-refractivity contribution in [3.8, 4) is 0 Å². The molecule has 1 amide bonds. The smallest absolute Gasteiger partial charge is 0.256 e. The topological polar surface area (TPSA) is 29.5 Å². The Bertz CT molecular complexity index is 444. The molecule has 0 saturated heterocycles. The van der Waals surface area contributed by atoms with Crippen molar-refractivity contribution in [2.24, 2.45) is 0 Å². The van der Waals surface area contributed by atoms with Crippen LogP contribution in [0.2, 0.25) is 0 Å². The van der Waals surface area contributed by atoms with E-state index in [-0.39, 0.29) is 18.2 Å². The Kier molecular flexibility index (Phi) is 4.59. The number of ether oxygens (including phenoxy) is 1. The van der Waals surface area contributed by atoms with Gasteiger partial charge in [-0.3, -0.25) is 4.79 Å². The van der Waals surface area contributed by atoms with Crippen molar-refractivity contribution in [1.82, 2.24) is 4.90 Å². The molecule has 1 aromatic rings. The molecular formula is C16H23NO2. The molecule has 3 heteroatoms. The summed E-state index contributed by atoms with van der Waals surface area (Å²) in [5, 5.41) is 0. The van der Waals surface area contributed by atoms with Crippen LogP contribution < -0.4 is 0 Å². The van der Waals surface area contributed by atoms with Gasteiger partial charge in [-0.25, -0.2) is 0 Å². The lowest BCUT2D eigenvalue weighted by atomic mass is 10.1. The number of rotatable bonds is 6. The zero-order valence-electron chi connectivity index (χ0n) is 12.1. The van der Waals surface area contributed by atoms with Crippen LogP contribution >= 0.6 is 0 Å². The predicted molar refractivity (Wildman–Crippen MR) is 76.0 cm³/mol. The number of amides is 1. The van der Waals surface area contributed by atoms with Gasteiger partial charge in [-0.15, -0.1) is 0 Å². The fraction of sp³-hybridized carbons (Fsp3) is 0.562. The van der Waals surface area contributed by atoms with E-state index in [1.54, 1.807) is 0 Å². The van der Waals surface area contributed by atoms with E-state index < -0.39 is 0 Å². The number of carbonyl (C=O) groups excluding carboxylic acids is 1. The molecule has 0 aliphatic carbocycles. The summed E-state index contributed by atoms with van der Waals surface area (Å²) in [5.74, 6) is 0.109. The summed E-state index contributed by atoms with van der Waals surface area (Å²) in [6.07, 6.45) is 3.00. The van der Waals surface area contributed by atoms with Gasteiger partial charge >= 0.3 is 0 Å². The molecule has 104 valence electrons. The van der Waals surface area contributed by atoms with E-state index in [1.165, 1.54) is 0 Å². The van der Waals surface area contributed by atoms with Crippen molar-refractivity contribution in [3.05, 3.63) is 35.4 Å². The normalized spacial score (nSPS) is 19.6. The van der Waals surface area contributed by atoms with E-state index in [0.717, 1.165) is 36.9 Å². The first-order chi connectivity index (χ1) is 9.19. The highest BCUT2D eigenvalue weighted by Gasteiger charge is 2.37.